The Hall–Kier alpha value is -1.43. The largest absolute Gasteiger partial charge is 0.378 e. The lowest BCUT2D eigenvalue weighted by Gasteiger charge is -2.33. The topological polar surface area (TPSA) is 58.6 Å². The number of ether oxygens (including phenoxy) is 1. The number of likely N-dealkylation sites (N-methyl/N-ethyl adjacent to an activating group) is 1. The molecule has 0 spiro atoms. The maximum absolute atomic E-state index is 12.3. The quantitative estimate of drug-likeness (QED) is 0.834. The molecule has 1 aliphatic rings. The van der Waals surface area contributed by atoms with Gasteiger partial charge in [-0.2, -0.15) is 0 Å². The second-order valence-corrected chi connectivity index (χ2v) is 5.33. The third-order valence-electron chi connectivity index (χ3n) is 3.39. The van der Waals surface area contributed by atoms with Gasteiger partial charge in [-0.15, -0.1) is 0 Å². The summed E-state index contributed by atoms with van der Waals surface area (Å²) in [6, 6.07) is 6.43. The molecular formula is C15H19ClN2O3. The van der Waals surface area contributed by atoms with Crippen molar-refractivity contribution in [1.29, 1.82) is 0 Å². The fourth-order valence-electron chi connectivity index (χ4n) is 2.30. The molecule has 1 aliphatic heterocycles. The molecular weight excluding hydrogens is 292 g/mol. The minimum atomic E-state index is -0.415. The van der Waals surface area contributed by atoms with Crippen molar-refractivity contribution in [2.45, 2.75) is 13.0 Å². The lowest BCUT2D eigenvalue weighted by molar-refractivity contribution is -0.131. The smallest absolute Gasteiger partial charge is 0.239 e. The fourth-order valence-corrected chi connectivity index (χ4v) is 2.49. The van der Waals surface area contributed by atoms with Crippen molar-refractivity contribution in [1.82, 2.24) is 10.2 Å². The first-order chi connectivity index (χ1) is 10.1. The summed E-state index contributed by atoms with van der Waals surface area (Å²) in [5, 5.41) is 3.30. The number of benzene rings is 1. The van der Waals surface area contributed by atoms with Crippen LogP contribution in [0.15, 0.2) is 24.3 Å². The third-order valence-corrected chi connectivity index (χ3v) is 3.62. The first-order valence-electron chi connectivity index (χ1n) is 7.00. The van der Waals surface area contributed by atoms with Crippen LogP contribution in [-0.2, 0) is 9.53 Å². The summed E-state index contributed by atoms with van der Waals surface area (Å²) in [5.41, 5.74) is 0.559. The summed E-state index contributed by atoms with van der Waals surface area (Å²) in [5.74, 6) is -0.148. The first kappa shape index (κ1) is 15.9. The van der Waals surface area contributed by atoms with Gasteiger partial charge in [0, 0.05) is 23.7 Å². The number of nitrogens with one attached hydrogen (secondary N) is 1. The Morgan fingerprint density at radius 3 is 3.00 bits per heavy atom. The van der Waals surface area contributed by atoms with E-state index in [-0.39, 0.29) is 18.2 Å². The lowest BCUT2D eigenvalue weighted by Crippen LogP contribution is -2.55. The van der Waals surface area contributed by atoms with E-state index in [9.17, 15) is 9.59 Å². The molecule has 1 unspecified atom stereocenters. The van der Waals surface area contributed by atoms with Gasteiger partial charge in [0.05, 0.1) is 19.8 Å². The number of ketones is 1. The normalized spacial score (nSPS) is 19.2. The van der Waals surface area contributed by atoms with Gasteiger partial charge in [-0.1, -0.05) is 23.7 Å². The zero-order valence-corrected chi connectivity index (χ0v) is 12.7. The van der Waals surface area contributed by atoms with Crippen LogP contribution in [0.5, 0.6) is 0 Å². The van der Waals surface area contributed by atoms with E-state index in [4.69, 9.17) is 16.3 Å². The van der Waals surface area contributed by atoms with Crippen molar-refractivity contribution in [2.75, 3.05) is 32.8 Å². The predicted molar refractivity (Wildman–Crippen MR) is 80.6 cm³/mol. The maximum Gasteiger partial charge on any atom is 0.239 e. The summed E-state index contributed by atoms with van der Waals surface area (Å²) < 4.78 is 5.35. The first-order valence-corrected chi connectivity index (χ1v) is 7.38. The molecule has 0 aromatic heterocycles. The molecule has 1 heterocycles. The Bertz CT molecular complexity index is 521. The number of Topliss-reactive ketones (excluding diaryl/α,β-unsaturated/α-hetero) is 1. The molecule has 1 atom stereocenters. The molecule has 114 valence electrons. The van der Waals surface area contributed by atoms with E-state index in [0.717, 1.165) is 0 Å². The highest BCUT2D eigenvalue weighted by Gasteiger charge is 2.30. The van der Waals surface area contributed by atoms with E-state index in [1.54, 1.807) is 24.3 Å². The molecule has 6 heteroatoms. The monoisotopic (exact) mass is 310 g/mol. The van der Waals surface area contributed by atoms with Crippen molar-refractivity contribution >= 4 is 23.3 Å². The van der Waals surface area contributed by atoms with Gasteiger partial charge < -0.3 is 10.1 Å². The third kappa shape index (κ3) is 4.27. The van der Waals surface area contributed by atoms with Gasteiger partial charge in [-0.3, -0.25) is 14.5 Å². The standard InChI is InChI=1S/C15H19ClN2O3/c1-2-17-15(20)13-10-21-7-6-18(13)9-14(19)11-4-3-5-12(16)8-11/h3-5,8,13H,2,6-7,9-10H2,1H3,(H,17,20). The average molecular weight is 311 g/mol. The van der Waals surface area contributed by atoms with Crippen LogP contribution in [0.25, 0.3) is 0 Å². The number of rotatable bonds is 5. The summed E-state index contributed by atoms with van der Waals surface area (Å²) in [6.07, 6.45) is 0. The highest BCUT2D eigenvalue weighted by Crippen LogP contribution is 2.13. The molecule has 2 rings (SSSR count). The summed E-state index contributed by atoms with van der Waals surface area (Å²) in [7, 11) is 0. The van der Waals surface area contributed by atoms with E-state index in [1.165, 1.54) is 0 Å². The van der Waals surface area contributed by atoms with E-state index < -0.39 is 6.04 Å². The fraction of sp³-hybridized carbons (Fsp3) is 0.467. The van der Waals surface area contributed by atoms with Crippen LogP contribution in [0.2, 0.25) is 5.02 Å². The molecule has 0 saturated carbocycles. The molecule has 5 nitrogen and oxygen atoms in total. The van der Waals surface area contributed by atoms with E-state index in [0.29, 0.717) is 36.9 Å². The van der Waals surface area contributed by atoms with Crippen molar-refractivity contribution in [2.24, 2.45) is 0 Å². The van der Waals surface area contributed by atoms with Gasteiger partial charge in [0.15, 0.2) is 5.78 Å². The van der Waals surface area contributed by atoms with Crippen LogP contribution in [0.3, 0.4) is 0 Å². The van der Waals surface area contributed by atoms with E-state index in [2.05, 4.69) is 5.32 Å². The number of amides is 1. The molecule has 0 bridgehead atoms. The summed E-state index contributed by atoms with van der Waals surface area (Å²) in [4.78, 5) is 26.2. The number of carbonyl (C=O) groups excluding carboxylic acids is 2. The van der Waals surface area contributed by atoms with Gasteiger partial charge in [0.1, 0.15) is 6.04 Å². The minimum absolute atomic E-state index is 0.0475. The molecule has 1 aromatic carbocycles. The summed E-state index contributed by atoms with van der Waals surface area (Å²) >= 11 is 5.90. The highest BCUT2D eigenvalue weighted by molar-refractivity contribution is 6.31. The van der Waals surface area contributed by atoms with Crippen LogP contribution in [0.1, 0.15) is 17.3 Å². The van der Waals surface area contributed by atoms with Crippen LogP contribution in [0, 0.1) is 0 Å². The van der Waals surface area contributed by atoms with Gasteiger partial charge in [0.2, 0.25) is 5.91 Å². The van der Waals surface area contributed by atoms with Crippen molar-refractivity contribution in [3.8, 4) is 0 Å². The van der Waals surface area contributed by atoms with E-state index in [1.807, 2.05) is 11.8 Å². The number of carbonyl (C=O) groups is 2. The lowest BCUT2D eigenvalue weighted by atomic mass is 10.1. The van der Waals surface area contributed by atoms with Crippen LogP contribution < -0.4 is 5.32 Å². The SMILES string of the molecule is CCNC(=O)C1COCCN1CC(=O)c1cccc(Cl)c1. The molecule has 1 N–H and O–H groups in total. The second-order valence-electron chi connectivity index (χ2n) is 4.89. The van der Waals surface area contributed by atoms with Gasteiger partial charge in [0.25, 0.3) is 0 Å². The number of hydrogen-bond acceptors (Lipinski definition) is 4. The maximum atomic E-state index is 12.3. The molecule has 1 aromatic rings. The van der Waals surface area contributed by atoms with Crippen LogP contribution >= 0.6 is 11.6 Å². The number of halogens is 1. The highest BCUT2D eigenvalue weighted by atomic mass is 35.5. The number of morpholine rings is 1. The molecule has 0 radical (unpaired) electrons. The number of nitrogens with zero attached hydrogens (tertiary/aromatic N) is 1. The average Bonchev–Trinajstić information content (AvgIpc) is 2.48. The minimum Gasteiger partial charge on any atom is -0.378 e. The Labute approximate surface area is 129 Å². The van der Waals surface area contributed by atoms with Crippen LogP contribution in [0.4, 0.5) is 0 Å². The molecule has 1 fully saturated rings. The molecule has 0 aliphatic carbocycles. The molecule has 1 amide bonds. The van der Waals surface area contributed by atoms with Gasteiger partial charge in [-0.05, 0) is 19.1 Å². The van der Waals surface area contributed by atoms with Gasteiger partial charge in [-0.25, -0.2) is 0 Å². The van der Waals surface area contributed by atoms with Gasteiger partial charge >= 0.3 is 0 Å². The van der Waals surface area contributed by atoms with Crippen LogP contribution in [-0.4, -0.2) is 55.5 Å². The zero-order valence-electron chi connectivity index (χ0n) is 12.0. The Morgan fingerprint density at radius 1 is 1.48 bits per heavy atom. The van der Waals surface area contributed by atoms with Crippen molar-refractivity contribution in [3.05, 3.63) is 34.9 Å². The zero-order chi connectivity index (χ0) is 15.2. The Balaban J connectivity index is 2.05. The molecule has 21 heavy (non-hydrogen) atoms. The second kappa shape index (κ2) is 7.54. The van der Waals surface area contributed by atoms with E-state index >= 15 is 0 Å². The molecule has 1 saturated heterocycles. The predicted octanol–water partition coefficient (Wildman–Crippen LogP) is 1.36. The Morgan fingerprint density at radius 2 is 2.29 bits per heavy atom. The van der Waals surface area contributed by atoms with Crippen molar-refractivity contribution < 1.29 is 14.3 Å². The number of hydrogen-bond donors (Lipinski definition) is 1. The summed E-state index contributed by atoms with van der Waals surface area (Å²) in [6.45, 7) is 4.02. The Kier molecular flexibility index (Phi) is 5.73. The van der Waals surface area contributed by atoms with Crippen molar-refractivity contribution in [3.63, 3.8) is 0 Å².